The van der Waals surface area contributed by atoms with Gasteiger partial charge in [-0.05, 0) is 17.8 Å². The average molecular weight is 404 g/mol. The Morgan fingerprint density at radius 2 is 1.68 bits per heavy atom. The van der Waals surface area contributed by atoms with E-state index in [1.165, 1.54) is 4.90 Å². The molecule has 1 saturated heterocycles. The van der Waals surface area contributed by atoms with Gasteiger partial charge in [0, 0.05) is 5.56 Å². The van der Waals surface area contributed by atoms with Crippen molar-refractivity contribution in [2.45, 2.75) is 4.73 Å². The van der Waals surface area contributed by atoms with E-state index in [2.05, 4.69) is 15.9 Å². The van der Waals surface area contributed by atoms with E-state index in [-0.39, 0.29) is 18.9 Å². The van der Waals surface area contributed by atoms with E-state index in [1.54, 1.807) is 19.2 Å². The van der Waals surface area contributed by atoms with Gasteiger partial charge in [-0.3, -0.25) is 19.3 Å². The zero-order chi connectivity index (χ0) is 18.0. The SMILES string of the molecule is CN1CC(=O)OB([C@@H](Br)C(=O)c2cccc3ccccc23)OC(=O)C1. The van der Waals surface area contributed by atoms with Crippen LogP contribution < -0.4 is 0 Å². The predicted octanol–water partition coefficient (Wildman–Crippen LogP) is 1.85. The Balaban J connectivity index is 1.88. The number of carbonyl (C=O) groups excluding carboxylic acids is 3. The number of halogens is 1. The molecular formula is C17H15BBrNO5. The summed E-state index contributed by atoms with van der Waals surface area (Å²) in [4.78, 5) is 38.1. The van der Waals surface area contributed by atoms with E-state index in [0.29, 0.717) is 5.56 Å². The number of alkyl halides is 1. The van der Waals surface area contributed by atoms with Crippen molar-refractivity contribution in [1.82, 2.24) is 4.90 Å². The van der Waals surface area contributed by atoms with Crippen molar-refractivity contribution in [3.05, 3.63) is 48.0 Å². The summed E-state index contributed by atoms with van der Waals surface area (Å²) in [5.74, 6) is -1.44. The lowest BCUT2D eigenvalue weighted by atomic mass is 9.79. The van der Waals surface area contributed by atoms with Crippen LogP contribution in [0.5, 0.6) is 0 Å². The highest BCUT2D eigenvalue weighted by Gasteiger charge is 2.43. The molecule has 1 heterocycles. The largest absolute Gasteiger partial charge is 0.621 e. The lowest BCUT2D eigenvalue weighted by molar-refractivity contribution is -0.145. The molecule has 2 aromatic rings. The van der Waals surface area contributed by atoms with Gasteiger partial charge in [0.05, 0.1) is 13.1 Å². The Morgan fingerprint density at radius 3 is 2.36 bits per heavy atom. The fourth-order valence-electron chi connectivity index (χ4n) is 2.69. The van der Waals surface area contributed by atoms with E-state index in [0.717, 1.165) is 10.8 Å². The first-order chi connectivity index (χ1) is 12.0. The fraction of sp³-hybridized carbons (Fsp3) is 0.235. The summed E-state index contributed by atoms with van der Waals surface area (Å²) in [5.41, 5.74) is 0.464. The number of likely N-dealkylation sites (N-methyl/N-ethyl adjacent to an activating group) is 1. The van der Waals surface area contributed by atoms with Crippen molar-refractivity contribution < 1.29 is 23.7 Å². The molecule has 6 nitrogen and oxygen atoms in total. The molecule has 1 aliphatic rings. The fourth-order valence-corrected chi connectivity index (χ4v) is 3.15. The number of hydrogen-bond donors (Lipinski definition) is 0. The monoisotopic (exact) mass is 403 g/mol. The van der Waals surface area contributed by atoms with Crippen LogP contribution in [-0.2, 0) is 18.9 Å². The van der Waals surface area contributed by atoms with Crippen molar-refractivity contribution in [2.24, 2.45) is 0 Å². The summed E-state index contributed by atoms with van der Waals surface area (Å²) in [6.45, 7) is -0.0957. The lowest BCUT2D eigenvalue weighted by Gasteiger charge is -2.24. The van der Waals surface area contributed by atoms with Crippen LogP contribution in [0.1, 0.15) is 10.4 Å². The molecule has 0 aromatic heterocycles. The smallest absolute Gasteiger partial charge is 0.497 e. The Hall–Kier alpha value is -2.19. The number of carbonyl (C=O) groups is 3. The molecule has 3 rings (SSSR count). The van der Waals surface area contributed by atoms with Crippen molar-refractivity contribution in [3.8, 4) is 0 Å². The van der Waals surface area contributed by atoms with Gasteiger partial charge < -0.3 is 9.31 Å². The molecule has 2 aromatic carbocycles. The molecule has 0 bridgehead atoms. The summed E-state index contributed by atoms with van der Waals surface area (Å²) in [6, 6.07) is 12.8. The van der Waals surface area contributed by atoms with Crippen LogP contribution in [0.15, 0.2) is 42.5 Å². The summed E-state index contributed by atoms with van der Waals surface area (Å²) in [5, 5.41) is 1.70. The zero-order valence-electron chi connectivity index (χ0n) is 13.5. The molecular weight excluding hydrogens is 389 g/mol. The van der Waals surface area contributed by atoms with Gasteiger partial charge in [0.2, 0.25) is 0 Å². The summed E-state index contributed by atoms with van der Waals surface area (Å²) in [6.07, 6.45) is 0. The molecule has 25 heavy (non-hydrogen) atoms. The summed E-state index contributed by atoms with van der Waals surface area (Å²) >= 11 is 3.24. The third-order valence-corrected chi connectivity index (χ3v) is 4.69. The van der Waals surface area contributed by atoms with Crippen LogP contribution in [0, 0.1) is 0 Å². The number of rotatable bonds is 3. The van der Waals surface area contributed by atoms with Gasteiger partial charge in [-0.2, -0.15) is 0 Å². The molecule has 0 amide bonds. The molecule has 1 fully saturated rings. The first-order valence-corrected chi connectivity index (χ1v) is 8.61. The maximum Gasteiger partial charge on any atom is 0.621 e. The Morgan fingerprint density at radius 1 is 1.08 bits per heavy atom. The number of hydrogen-bond acceptors (Lipinski definition) is 6. The summed E-state index contributed by atoms with van der Waals surface area (Å²) in [7, 11) is 0.301. The molecule has 1 aliphatic heterocycles. The van der Waals surface area contributed by atoms with E-state index in [9.17, 15) is 14.4 Å². The van der Waals surface area contributed by atoms with Crippen LogP contribution in [0.25, 0.3) is 10.8 Å². The molecule has 0 saturated carbocycles. The van der Waals surface area contributed by atoms with Crippen LogP contribution in [0.4, 0.5) is 0 Å². The van der Waals surface area contributed by atoms with Gasteiger partial charge >= 0.3 is 19.1 Å². The van der Waals surface area contributed by atoms with Gasteiger partial charge in [0.15, 0.2) is 5.78 Å². The molecule has 128 valence electrons. The third-order valence-electron chi connectivity index (χ3n) is 3.84. The van der Waals surface area contributed by atoms with Crippen LogP contribution in [0.3, 0.4) is 0 Å². The quantitative estimate of drug-likeness (QED) is 0.442. The van der Waals surface area contributed by atoms with Gasteiger partial charge in [-0.25, -0.2) is 0 Å². The number of Topliss-reactive ketones (excluding diaryl/α,β-unsaturated/α-hetero) is 1. The Kier molecular flexibility index (Phi) is 5.20. The van der Waals surface area contributed by atoms with E-state index in [1.807, 2.05) is 30.3 Å². The van der Waals surface area contributed by atoms with Crippen molar-refractivity contribution in [3.63, 3.8) is 0 Å². The maximum absolute atomic E-state index is 12.9. The highest BCUT2D eigenvalue weighted by molar-refractivity contribution is 9.10. The number of benzene rings is 2. The molecule has 0 radical (unpaired) electrons. The highest BCUT2D eigenvalue weighted by atomic mass is 79.9. The normalized spacial score (nSPS) is 17.4. The van der Waals surface area contributed by atoms with Crippen LogP contribution in [-0.4, -0.2) is 54.6 Å². The van der Waals surface area contributed by atoms with Gasteiger partial charge in [0.1, 0.15) is 4.73 Å². The maximum atomic E-state index is 12.9. The second kappa shape index (κ2) is 7.37. The number of nitrogens with zero attached hydrogens (tertiary/aromatic N) is 1. The third kappa shape index (κ3) is 3.91. The minimum absolute atomic E-state index is 0.0478. The summed E-state index contributed by atoms with van der Waals surface area (Å²) < 4.78 is 9.32. The predicted molar refractivity (Wildman–Crippen MR) is 96.4 cm³/mol. The molecule has 1 atom stereocenters. The Bertz CT molecular complexity index is 817. The molecule has 8 heteroatoms. The second-order valence-electron chi connectivity index (χ2n) is 5.81. The van der Waals surface area contributed by atoms with Gasteiger partial charge in [-0.15, -0.1) is 0 Å². The van der Waals surface area contributed by atoms with E-state index in [4.69, 9.17) is 9.31 Å². The van der Waals surface area contributed by atoms with Gasteiger partial charge in [-0.1, -0.05) is 58.4 Å². The second-order valence-corrected chi connectivity index (χ2v) is 6.80. The minimum atomic E-state index is -1.31. The zero-order valence-corrected chi connectivity index (χ0v) is 15.1. The first kappa shape index (κ1) is 17.6. The van der Waals surface area contributed by atoms with E-state index < -0.39 is 23.8 Å². The molecule has 0 unspecified atom stereocenters. The number of ketones is 1. The standard InChI is InChI=1S/C17H15BBrNO5/c1-20-9-14(21)24-18(25-15(22)10-20)17(19)16(23)13-8-4-6-11-5-2-3-7-12(11)13/h2-8,17H,9-10H2,1H3/t17-/m0/s1. The average Bonchev–Trinajstić information content (AvgIpc) is 2.58. The molecule has 0 N–H and O–H groups in total. The molecule has 0 spiro atoms. The lowest BCUT2D eigenvalue weighted by Crippen LogP contribution is -2.48. The van der Waals surface area contributed by atoms with E-state index >= 15 is 0 Å². The first-order valence-electron chi connectivity index (χ1n) is 7.69. The van der Waals surface area contributed by atoms with Crippen molar-refractivity contribution in [1.29, 1.82) is 0 Å². The van der Waals surface area contributed by atoms with Gasteiger partial charge in [0.25, 0.3) is 0 Å². The topological polar surface area (TPSA) is 72.9 Å². The van der Waals surface area contributed by atoms with Crippen molar-refractivity contribution >= 4 is 51.5 Å². The Labute approximate surface area is 153 Å². The van der Waals surface area contributed by atoms with Crippen LogP contribution >= 0.6 is 15.9 Å². The highest BCUT2D eigenvalue weighted by Crippen LogP contribution is 2.23. The minimum Gasteiger partial charge on any atom is -0.497 e. The molecule has 0 aliphatic carbocycles. The number of fused-ring (bicyclic) bond motifs is 1. The van der Waals surface area contributed by atoms with Crippen LogP contribution in [0.2, 0.25) is 0 Å². The van der Waals surface area contributed by atoms with Crippen molar-refractivity contribution in [2.75, 3.05) is 20.1 Å².